The van der Waals surface area contributed by atoms with E-state index in [-0.39, 0.29) is 16.9 Å². The van der Waals surface area contributed by atoms with Crippen LogP contribution in [0.3, 0.4) is 0 Å². The molecule has 0 fully saturated rings. The van der Waals surface area contributed by atoms with Crippen LogP contribution in [0.1, 0.15) is 17.8 Å². The van der Waals surface area contributed by atoms with Crippen molar-refractivity contribution in [2.45, 2.75) is 0 Å². The third kappa shape index (κ3) is 6.65. The average Bonchev–Trinajstić information content (AvgIpc) is 3.35. The van der Waals surface area contributed by atoms with Gasteiger partial charge in [-0.2, -0.15) is 0 Å². The Morgan fingerprint density at radius 3 is 1.45 bits per heavy atom. The maximum Gasteiger partial charge on any atom is 0.0645 e. The van der Waals surface area contributed by atoms with E-state index < -0.39 is 95.4 Å². The molecule has 0 aliphatic carbocycles. The fraction of sp³-hybridized carbons (Fsp3) is 0. The molecular weight excluding hydrogens is 639 g/mol. The van der Waals surface area contributed by atoms with Crippen molar-refractivity contribution in [1.82, 2.24) is 0 Å². The topological polar surface area (TPSA) is 3.24 Å². The lowest BCUT2D eigenvalue weighted by Crippen LogP contribution is -2.09. The van der Waals surface area contributed by atoms with Gasteiger partial charge in [0.1, 0.15) is 0 Å². The van der Waals surface area contributed by atoms with Gasteiger partial charge < -0.3 is 4.90 Å². The van der Waals surface area contributed by atoms with Gasteiger partial charge in [0.05, 0.1) is 17.8 Å². The first-order valence-corrected chi connectivity index (χ1v) is 17.1. The molecule has 0 amide bonds. The van der Waals surface area contributed by atoms with Gasteiger partial charge in [-0.05, 0) is 115 Å². The minimum Gasteiger partial charge on any atom is -0.311 e. The lowest BCUT2D eigenvalue weighted by atomic mass is 9.95. The second kappa shape index (κ2) is 14.3. The first kappa shape index (κ1) is 20.8. The second-order valence-corrected chi connectivity index (χ2v) is 12.4. The highest BCUT2D eigenvalue weighted by Gasteiger charge is 2.14. The third-order valence-electron chi connectivity index (χ3n) is 9.10. The molecule has 0 saturated carbocycles. The summed E-state index contributed by atoms with van der Waals surface area (Å²) in [5.74, 6) is 0. The zero-order valence-electron chi connectivity index (χ0n) is 41.3. The van der Waals surface area contributed by atoms with E-state index in [2.05, 4.69) is 0 Å². The molecule has 0 spiro atoms. The minimum absolute atomic E-state index is 0.0144. The van der Waals surface area contributed by atoms with Crippen LogP contribution in [0, 0.1) is 0 Å². The summed E-state index contributed by atoms with van der Waals surface area (Å²) in [5, 5.41) is 2.02. The normalized spacial score (nSPS) is 14.5. The highest BCUT2D eigenvalue weighted by Crippen LogP contribution is 2.39. The second-order valence-electron chi connectivity index (χ2n) is 12.4. The smallest absolute Gasteiger partial charge is 0.0645 e. The van der Waals surface area contributed by atoms with Crippen LogP contribution in [0.2, 0.25) is 0 Å². The number of hydrogen-bond acceptors (Lipinski definition) is 1. The van der Waals surface area contributed by atoms with E-state index in [1.807, 2.05) is 109 Å². The molecule has 0 bridgehead atoms. The van der Waals surface area contributed by atoms with Crippen molar-refractivity contribution in [1.29, 1.82) is 0 Å². The molecule has 0 aromatic heterocycles. The summed E-state index contributed by atoms with van der Waals surface area (Å²) >= 11 is 0. The third-order valence-corrected chi connectivity index (χ3v) is 9.10. The first-order chi connectivity index (χ1) is 31.7. The number of nitrogens with zero attached hydrogens (tertiary/aromatic N) is 1. The molecule has 9 aromatic rings. The molecule has 0 unspecified atom stereocenters. The molecule has 0 aliphatic rings. The number of fused-ring (bicyclic) bond motifs is 1. The molecule has 9 rings (SSSR count). The van der Waals surface area contributed by atoms with Crippen LogP contribution in [0.25, 0.3) is 66.4 Å². The van der Waals surface area contributed by atoms with Crippen molar-refractivity contribution in [2.24, 2.45) is 0 Å². The Morgan fingerprint density at radius 2 is 0.774 bits per heavy atom. The standard InChI is InChI=1S/C52H37N/c1-3-12-38(13-4-1)40-24-30-48(31-25-40)53(49-32-26-41(27-33-49)45-19-9-18-44(36-45)39-14-5-2-6-15-39)50-34-28-42(29-35-50)46-20-10-21-47(37-46)52-23-11-17-43-16-7-8-22-51(43)52/h1-37H/i1D,3D,4D,12D,13D,24D,25D,28D,29D,30D,31D,34D,35D. The Hall–Kier alpha value is -6.96. The molecular formula is C52H37N. The summed E-state index contributed by atoms with van der Waals surface area (Å²) in [6, 6.07) is 37.4. The highest BCUT2D eigenvalue weighted by atomic mass is 15.1. The SMILES string of the molecule is [2H]c1c([2H])c([2H])c(-c2c([2H])c([2H])c(N(c3ccc(-c4cccc(-c5ccccc5)c4)cc3)c3c([2H])c([2H])c(-c4cccc(-c5cccc6ccccc56)c4)c([2H])c3[2H])c([2H])c2[2H])c([2H])c1[2H]. The van der Waals surface area contributed by atoms with Gasteiger partial charge in [-0.15, -0.1) is 0 Å². The molecule has 0 N–H and O–H groups in total. The maximum atomic E-state index is 9.55. The summed E-state index contributed by atoms with van der Waals surface area (Å²) in [6.45, 7) is 0. The van der Waals surface area contributed by atoms with E-state index in [1.165, 1.54) is 4.90 Å². The van der Waals surface area contributed by atoms with Crippen LogP contribution in [0.5, 0.6) is 0 Å². The molecule has 250 valence electrons. The molecule has 1 nitrogen and oxygen atoms in total. The van der Waals surface area contributed by atoms with E-state index in [1.54, 1.807) is 36.4 Å². The van der Waals surface area contributed by atoms with Gasteiger partial charge >= 0.3 is 0 Å². The van der Waals surface area contributed by atoms with Crippen molar-refractivity contribution in [3.05, 3.63) is 224 Å². The van der Waals surface area contributed by atoms with Gasteiger partial charge in [0, 0.05) is 17.1 Å². The Balaban J connectivity index is 1.25. The van der Waals surface area contributed by atoms with Crippen molar-refractivity contribution < 1.29 is 17.8 Å². The van der Waals surface area contributed by atoms with Gasteiger partial charge in [-0.25, -0.2) is 0 Å². The highest BCUT2D eigenvalue weighted by molar-refractivity contribution is 5.97. The van der Waals surface area contributed by atoms with Gasteiger partial charge in [0.15, 0.2) is 0 Å². The van der Waals surface area contributed by atoms with Crippen LogP contribution in [0.15, 0.2) is 224 Å². The number of anilines is 3. The zero-order valence-corrected chi connectivity index (χ0v) is 28.3. The van der Waals surface area contributed by atoms with E-state index in [0.29, 0.717) is 5.56 Å². The summed E-state index contributed by atoms with van der Waals surface area (Å²) in [6.07, 6.45) is 0. The lowest BCUT2D eigenvalue weighted by Gasteiger charge is -2.26. The van der Waals surface area contributed by atoms with Gasteiger partial charge in [0.2, 0.25) is 0 Å². The molecule has 1 heteroatoms. The van der Waals surface area contributed by atoms with E-state index in [0.717, 1.165) is 44.2 Å². The van der Waals surface area contributed by atoms with E-state index in [4.69, 9.17) is 6.85 Å². The van der Waals surface area contributed by atoms with Gasteiger partial charge in [-0.3, -0.25) is 0 Å². The van der Waals surface area contributed by atoms with Crippen molar-refractivity contribution in [3.8, 4) is 55.6 Å². The number of benzene rings is 9. The Morgan fingerprint density at radius 1 is 0.302 bits per heavy atom. The Bertz CT molecular complexity index is 3320. The van der Waals surface area contributed by atoms with Crippen molar-refractivity contribution in [2.75, 3.05) is 4.90 Å². The van der Waals surface area contributed by atoms with Crippen molar-refractivity contribution in [3.63, 3.8) is 0 Å². The zero-order chi connectivity index (χ0) is 46.7. The number of rotatable bonds is 8. The molecule has 0 radical (unpaired) electrons. The molecule has 0 heterocycles. The monoisotopic (exact) mass is 688 g/mol. The summed E-state index contributed by atoms with van der Waals surface area (Å²) in [5.41, 5.74) is 4.12. The number of hydrogen-bond donors (Lipinski definition) is 0. The van der Waals surface area contributed by atoms with Gasteiger partial charge in [0.25, 0.3) is 0 Å². The van der Waals surface area contributed by atoms with Crippen LogP contribution >= 0.6 is 0 Å². The molecule has 0 saturated heterocycles. The predicted molar refractivity (Wildman–Crippen MR) is 226 cm³/mol. The Labute approximate surface area is 330 Å². The van der Waals surface area contributed by atoms with Crippen LogP contribution in [-0.2, 0) is 0 Å². The lowest BCUT2D eigenvalue weighted by molar-refractivity contribution is 1.28. The first-order valence-electron chi connectivity index (χ1n) is 23.6. The van der Waals surface area contributed by atoms with E-state index in [9.17, 15) is 11.0 Å². The van der Waals surface area contributed by atoms with Crippen LogP contribution in [-0.4, -0.2) is 0 Å². The largest absolute Gasteiger partial charge is 0.311 e. The fourth-order valence-electron chi connectivity index (χ4n) is 6.48. The predicted octanol–water partition coefficient (Wildman–Crippen LogP) is 14.6. The molecule has 53 heavy (non-hydrogen) atoms. The molecule has 0 atom stereocenters. The minimum atomic E-state index is -0.735. The average molecular weight is 689 g/mol. The van der Waals surface area contributed by atoms with Crippen molar-refractivity contribution >= 4 is 27.8 Å². The summed E-state index contributed by atoms with van der Waals surface area (Å²) in [7, 11) is 0. The van der Waals surface area contributed by atoms with Crippen LogP contribution in [0.4, 0.5) is 17.1 Å². The fourth-order valence-corrected chi connectivity index (χ4v) is 6.48. The van der Waals surface area contributed by atoms with Gasteiger partial charge in [-0.1, -0.05) is 176 Å². The summed E-state index contributed by atoms with van der Waals surface area (Å²) in [4.78, 5) is 1.17. The van der Waals surface area contributed by atoms with E-state index >= 15 is 0 Å². The summed E-state index contributed by atoms with van der Waals surface area (Å²) < 4.78 is 117. The quantitative estimate of drug-likeness (QED) is 0.154. The Kier molecular flexibility index (Phi) is 5.62. The molecule has 0 aliphatic heterocycles. The molecule has 9 aromatic carbocycles. The van der Waals surface area contributed by atoms with Crippen LogP contribution < -0.4 is 4.90 Å². The maximum absolute atomic E-state index is 9.55.